The van der Waals surface area contributed by atoms with E-state index in [2.05, 4.69) is 43.5 Å². The second kappa shape index (κ2) is 7.73. The Morgan fingerprint density at radius 2 is 1.95 bits per heavy atom. The molecule has 0 spiro atoms. The molecule has 0 aliphatic heterocycles. The first-order valence-corrected chi connectivity index (χ1v) is 7.62. The summed E-state index contributed by atoms with van der Waals surface area (Å²) in [5.74, 6) is 0.308. The number of rotatable bonds is 6. The number of hydrogen-bond acceptors (Lipinski definition) is 4. The lowest BCUT2D eigenvalue weighted by Gasteiger charge is -2.07. The van der Waals surface area contributed by atoms with Crippen LogP contribution < -0.4 is 10.6 Å². The van der Waals surface area contributed by atoms with Crippen LogP contribution in [-0.4, -0.2) is 22.4 Å². The number of aromatic nitrogens is 2. The molecule has 0 fully saturated rings. The molecule has 0 radical (unpaired) electrons. The lowest BCUT2D eigenvalue weighted by Crippen LogP contribution is -2.14. The van der Waals surface area contributed by atoms with Crippen molar-refractivity contribution in [2.45, 2.75) is 19.8 Å². The normalized spacial score (nSPS) is 10.2. The largest absolute Gasteiger partial charge is 0.354 e. The molecule has 1 amide bonds. The van der Waals surface area contributed by atoms with E-state index in [0.717, 1.165) is 23.9 Å². The molecule has 2 N–H and O–H groups in total. The zero-order chi connectivity index (χ0) is 15.1. The number of para-hydroxylation sites is 1. The van der Waals surface area contributed by atoms with E-state index in [4.69, 9.17) is 0 Å². The van der Waals surface area contributed by atoms with E-state index in [1.807, 2.05) is 24.3 Å². The predicted molar refractivity (Wildman–Crippen MR) is 87.5 cm³/mol. The first-order valence-electron chi connectivity index (χ1n) is 6.82. The number of nitrogens with zero attached hydrogens (tertiary/aromatic N) is 2. The highest BCUT2D eigenvalue weighted by Crippen LogP contribution is 2.21. The van der Waals surface area contributed by atoms with Crippen molar-refractivity contribution in [2.24, 2.45) is 0 Å². The zero-order valence-corrected chi connectivity index (χ0v) is 13.4. The molecular weight excluding hydrogens is 332 g/mol. The molecule has 2 aromatic rings. The highest BCUT2D eigenvalue weighted by Gasteiger charge is 2.09. The summed E-state index contributed by atoms with van der Waals surface area (Å²) in [6, 6.07) is 7.44. The quantitative estimate of drug-likeness (QED) is 0.781. The highest BCUT2D eigenvalue weighted by molar-refractivity contribution is 9.10. The average molecular weight is 349 g/mol. The van der Waals surface area contributed by atoms with E-state index in [1.54, 1.807) is 0 Å². The number of hydrogen-bond donors (Lipinski definition) is 2. The molecule has 0 aliphatic rings. The maximum Gasteiger partial charge on any atom is 0.258 e. The van der Waals surface area contributed by atoms with Crippen LogP contribution in [0.5, 0.6) is 0 Å². The van der Waals surface area contributed by atoms with Crippen LogP contribution in [0.25, 0.3) is 0 Å². The van der Waals surface area contributed by atoms with Crippen molar-refractivity contribution in [1.29, 1.82) is 0 Å². The van der Waals surface area contributed by atoms with Gasteiger partial charge in [-0.05, 0) is 34.5 Å². The van der Waals surface area contributed by atoms with Gasteiger partial charge in [0.1, 0.15) is 0 Å². The standard InChI is InChI=1S/C15H17BrN4O/c1-2-3-8-17-15-18-9-11(10-19-15)14(21)20-13-7-5-4-6-12(13)16/h4-7,9-10H,2-3,8H2,1H3,(H,20,21)(H,17,18,19). The Bertz CT molecular complexity index is 601. The van der Waals surface area contributed by atoms with E-state index in [9.17, 15) is 4.79 Å². The van der Waals surface area contributed by atoms with Gasteiger partial charge in [0.05, 0.1) is 11.3 Å². The van der Waals surface area contributed by atoms with Gasteiger partial charge in [-0.15, -0.1) is 0 Å². The number of unbranched alkanes of at least 4 members (excludes halogenated alkanes) is 1. The zero-order valence-electron chi connectivity index (χ0n) is 11.8. The number of benzene rings is 1. The van der Waals surface area contributed by atoms with Crippen molar-refractivity contribution < 1.29 is 4.79 Å². The van der Waals surface area contributed by atoms with Crippen LogP contribution >= 0.6 is 15.9 Å². The molecule has 0 unspecified atom stereocenters. The minimum Gasteiger partial charge on any atom is -0.354 e. The van der Waals surface area contributed by atoms with Gasteiger partial charge in [-0.1, -0.05) is 25.5 Å². The molecule has 6 heteroatoms. The van der Waals surface area contributed by atoms with E-state index in [0.29, 0.717) is 17.2 Å². The van der Waals surface area contributed by atoms with Crippen molar-refractivity contribution in [3.8, 4) is 0 Å². The van der Waals surface area contributed by atoms with Gasteiger partial charge in [-0.2, -0.15) is 0 Å². The van der Waals surface area contributed by atoms with Crippen LogP contribution in [0.3, 0.4) is 0 Å². The summed E-state index contributed by atoms with van der Waals surface area (Å²) in [7, 11) is 0. The van der Waals surface area contributed by atoms with Crippen LogP contribution in [0.2, 0.25) is 0 Å². The number of carbonyl (C=O) groups is 1. The molecule has 0 saturated carbocycles. The Morgan fingerprint density at radius 3 is 2.62 bits per heavy atom. The predicted octanol–water partition coefficient (Wildman–Crippen LogP) is 3.70. The Balaban J connectivity index is 1.98. The van der Waals surface area contributed by atoms with Crippen molar-refractivity contribution >= 4 is 33.5 Å². The lowest BCUT2D eigenvalue weighted by molar-refractivity contribution is 0.102. The van der Waals surface area contributed by atoms with Crippen LogP contribution in [-0.2, 0) is 0 Å². The van der Waals surface area contributed by atoms with Gasteiger partial charge >= 0.3 is 0 Å². The molecule has 2 rings (SSSR count). The summed E-state index contributed by atoms with van der Waals surface area (Å²) in [4.78, 5) is 20.4. The third kappa shape index (κ3) is 4.53. The first kappa shape index (κ1) is 15.4. The fourth-order valence-electron chi connectivity index (χ4n) is 1.67. The van der Waals surface area contributed by atoms with E-state index in [-0.39, 0.29) is 5.91 Å². The third-order valence-electron chi connectivity index (χ3n) is 2.85. The van der Waals surface area contributed by atoms with Crippen LogP contribution in [0.4, 0.5) is 11.6 Å². The molecule has 5 nitrogen and oxygen atoms in total. The van der Waals surface area contributed by atoms with Gasteiger partial charge in [0.25, 0.3) is 5.91 Å². The molecule has 1 heterocycles. The number of nitrogens with one attached hydrogen (secondary N) is 2. The van der Waals surface area contributed by atoms with Crippen LogP contribution in [0, 0.1) is 0 Å². The molecule has 0 saturated heterocycles. The number of halogens is 1. The maximum absolute atomic E-state index is 12.1. The SMILES string of the molecule is CCCCNc1ncc(C(=O)Nc2ccccc2Br)cn1. The molecule has 0 atom stereocenters. The molecule has 21 heavy (non-hydrogen) atoms. The van der Waals surface area contributed by atoms with Gasteiger partial charge in [0.15, 0.2) is 0 Å². The molecular formula is C15H17BrN4O. The number of anilines is 2. The van der Waals surface area contributed by atoms with Crippen molar-refractivity contribution in [2.75, 3.05) is 17.2 Å². The van der Waals surface area contributed by atoms with Crippen LogP contribution in [0.15, 0.2) is 41.1 Å². The van der Waals surface area contributed by atoms with Gasteiger partial charge in [0, 0.05) is 23.4 Å². The van der Waals surface area contributed by atoms with Crippen LogP contribution in [0.1, 0.15) is 30.1 Å². The Labute approximate surface area is 132 Å². The summed E-state index contributed by atoms with van der Waals surface area (Å²) in [6.45, 7) is 2.96. The average Bonchev–Trinajstić information content (AvgIpc) is 2.50. The van der Waals surface area contributed by atoms with Gasteiger partial charge in [-0.25, -0.2) is 9.97 Å². The second-order valence-corrected chi connectivity index (χ2v) is 5.36. The fraction of sp³-hybridized carbons (Fsp3) is 0.267. The summed E-state index contributed by atoms with van der Waals surface area (Å²) < 4.78 is 0.831. The minimum absolute atomic E-state index is 0.234. The topological polar surface area (TPSA) is 66.9 Å². The summed E-state index contributed by atoms with van der Waals surface area (Å²) in [5.41, 5.74) is 1.14. The van der Waals surface area contributed by atoms with E-state index in [1.165, 1.54) is 12.4 Å². The van der Waals surface area contributed by atoms with Gasteiger partial charge in [0.2, 0.25) is 5.95 Å². The molecule has 110 valence electrons. The Hall–Kier alpha value is -1.95. The molecule has 1 aromatic carbocycles. The van der Waals surface area contributed by atoms with E-state index >= 15 is 0 Å². The highest BCUT2D eigenvalue weighted by atomic mass is 79.9. The van der Waals surface area contributed by atoms with Crippen molar-refractivity contribution in [3.63, 3.8) is 0 Å². The van der Waals surface area contributed by atoms with Crippen molar-refractivity contribution in [3.05, 3.63) is 46.7 Å². The molecule has 0 aliphatic carbocycles. The molecule has 0 bridgehead atoms. The monoisotopic (exact) mass is 348 g/mol. The van der Waals surface area contributed by atoms with Gasteiger partial charge in [-0.3, -0.25) is 4.79 Å². The third-order valence-corrected chi connectivity index (χ3v) is 3.54. The smallest absolute Gasteiger partial charge is 0.258 e. The summed E-state index contributed by atoms with van der Waals surface area (Å²) in [6.07, 6.45) is 5.22. The van der Waals surface area contributed by atoms with E-state index < -0.39 is 0 Å². The fourth-order valence-corrected chi connectivity index (χ4v) is 2.05. The number of amides is 1. The maximum atomic E-state index is 12.1. The second-order valence-electron chi connectivity index (χ2n) is 4.51. The Kier molecular flexibility index (Phi) is 5.68. The van der Waals surface area contributed by atoms with Crippen molar-refractivity contribution in [1.82, 2.24) is 9.97 Å². The first-order chi connectivity index (χ1) is 10.2. The number of carbonyl (C=O) groups excluding carboxylic acids is 1. The lowest BCUT2D eigenvalue weighted by atomic mass is 10.3. The summed E-state index contributed by atoms with van der Waals surface area (Å²) in [5, 5.41) is 5.92. The summed E-state index contributed by atoms with van der Waals surface area (Å²) >= 11 is 3.39. The van der Waals surface area contributed by atoms with Gasteiger partial charge < -0.3 is 10.6 Å². The minimum atomic E-state index is -0.234. The Morgan fingerprint density at radius 1 is 1.24 bits per heavy atom. The molecule has 1 aromatic heterocycles.